The Labute approximate surface area is 101 Å². The van der Waals surface area contributed by atoms with Crippen molar-refractivity contribution in [2.45, 2.75) is 60.5 Å². The molecule has 1 fully saturated rings. The first-order valence-electron chi connectivity index (χ1n) is 6.58. The number of piperidine rings is 1. The standard InChI is InChI=1S/C9H17NO2.2C2H6/c1-7(2)9(12)10-5-3-8(11)4-6-10;2*1-2/h7-8,11H,3-6H2,1-2H3;2*1-2H3. The van der Waals surface area contributed by atoms with Gasteiger partial charge in [-0.05, 0) is 12.8 Å². The molecule has 1 aliphatic rings. The molecule has 1 amide bonds. The molecule has 1 aliphatic heterocycles. The molecular formula is C13H29NO2. The van der Waals surface area contributed by atoms with Gasteiger partial charge in [0.25, 0.3) is 0 Å². The van der Waals surface area contributed by atoms with E-state index in [2.05, 4.69) is 0 Å². The Morgan fingerprint density at radius 2 is 1.50 bits per heavy atom. The quantitative estimate of drug-likeness (QED) is 0.753. The molecule has 0 unspecified atom stereocenters. The van der Waals surface area contributed by atoms with Crippen LogP contribution in [0.25, 0.3) is 0 Å². The van der Waals surface area contributed by atoms with E-state index >= 15 is 0 Å². The number of carbonyl (C=O) groups excluding carboxylic acids is 1. The van der Waals surface area contributed by atoms with E-state index in [1.165, 1.54) is 0 Å². The van der Waals surface area contributed by atoms with Crippen molar-refractivity contribution in [3.63, 3.8) is 0 Å². The van der Waals surface area contributed by atoms with Crippen LogP contribution in [0.4, 0.5) is 0 Å². The summed E-state index contributed by atoms with van der Waals surface area (Å²) in [5.41, 5.74) is 0. The van der Waals surface area contributed by atoms with E-state index in [0.29, 0.717) is 0 Å². The van der Waals surface area contributed by atoms with Crippen LogP contribution in [0.3, 0.4) is 0 Å². The maximum absolute atomic E-state index is 11.4. The first-order valence-corrected chi connectivity index (χ1v) is 6.58. The second-order valence-electron chi connectivity index (χ2n) is 3.71. The van der Waals surface area contributed by atoms with Gasteiger partial charge < -0.3 is 10.0 Å². The highest BCUT2D eigenvalue weighted by Crippen LogP contribution is 2.12. The van der Waals surface area contributed by atoms with E-state index in [-0.39, 0.29) is 17.9 Å². The number of hydrogen-bond acceptors (Lipinski definition) is 2. The average Bonchev–Trinajstić information content (AvgIpc) is 2.34. The molecule has 0 atom stereocenters. The molecule has 0 spiro atoms. The number of aliphatic hydroxyl groups is 1. The normalized spacial score (nSPS) is 15.9. The molecule has 1 heterocycles. The molecule has 0 bridgehead atoms. The lowest BCUT2D eigenvalue weighted by molar-refractivity contribution is -0.136. The van der Waals surface area contributed by atoms with Crippen LogP contribution in [0.2, 0.25) is 0 Å². The van der Waals surface area contributed by atoms with Crippen LogP contribution in [0.15, 0.2) is 0 Å². The summed E-state index contributed by atoms with van der Waals surface area (Å²) in [6.45, 7) is 13.3. The SMILES string of the molecule is CC.CC.CC(C)C(=O)N1CCC(O)CC1. The molecule has 1 rings (SSSR count). The number of aliphatic hydroxyl groups excluding tert-OH is 1. The molecule has 0 radical (unpaired) electrons. The largest absolute Gasteiger partial charge is 0.393 e. The summed E-state index contributed by atoms with van der Waals surface area (Å²) in [5.74, 6) is 0.294. The Morgan fingerprint density at radius 3 is 1.81 bits per heavy atom. The summed E-state index contributed by atoms with van der Waals surface area (Å²) < 4.78 is 0. The van der Waals surface area contributed by atoms with Crippen LogP contribution in [-0.2, 0) is 4.79 Å². The van der Waals surface area contributed by atoms with Crippen molar-refractivity contribution in [1.29, 1.82) is 0 Å². The number of rotatable bonds is 1. The molecule has 0 aliphatic carbocycles. The van der Waals surface area contributed by atoms with Crippen LogP contribution in [0.5, 0.6) is 0 Å². The predicted molar refractivity (Wildman–Crippen MR) is 69.4 cm³/mol. The number of amides is 1. The second kappa shape index (κ2) is 10.9. The number of hydrogen-bond donors (Lipinski definition) is 1. The molecule has 0 aromatic rings. The molecule has 1 N–H and O–H groups in total. The minimum atomic E-state index is -0.193. The summed E-state index contributed by atoms with van der Waals surface area (Å²) in [7, 11) is 0. The zero-order valence-corrected chi connectivity index (χ0v) is 11.8. The van der Waals surface area contributed by atoms with Crippen molar-refractivity contribution in [3.05, 3.63) is 0 Å². The molecule has 1 saturated heterocycles. The Morgan fingerprint density at radius 1 is 1.12 bits per heavy atom. The van der Waals surface area contributed by atoms with Gasteiger partial charge in [-0.25, -0.2) is 0 Å². The summed E-state index contributed by atoms with van der Waals surface area (Å²) in [6, 6.07) is 0. The van der Waals surface area contributed by atoms with Gasteiger partial charge in [0.15, 0.2) is 0 Å². The van der Waals surface area contributed by atoms with Crippen molar-refractivity contribution in [3.8, 4) is 0 Å². The molecule has 3 heteroatoms. The van der Waals surface area contributed by atoms with Crippen molar-refractivity contribution in [2.75, 3.05) is 13.1 Å². The predicted octanol–water partition coefficient (Wildman–Crippen LogP) is 2.68. The van der Waals surface area contributed by atoms with E-state index in [0.717, 1.165) is 25.9 Å². The fourth-order valence-electron chi connectivity index (χ4n) is 1.45. The summed E-state index contributed by atoms with van der Waals surface area (Å²) in [5, 5.41) is 9.21. The zero-order valence-electron chi connectivity index (χ0n) is 11.8. The van der Waals surface area contributed by atoms with Crippen LogP contribution < -0.4 is 0 Å². The van der Waals surface area contributed by atoms with Crippen molar-refractivity contribution < 1.29 is 9.90 Å². The highest BCUT2D eigenvalue weighted by molar-refractivity contribution is 5.78. The van der Waals surface area contributed by atoms with Gasteiger partial charge in [0, 0.05) is 19.0 Å². The maximum atomic E-state index is 11.4. The lowest BCUT2D eigenvalue weighted by atomic mass is 10.1. The fourth-order valence-corrected chi connectivity index (χ4v) is 1.45. The van der Waals surface area contributed by atoms with Gasteiger partial charge in [0.05, 0.1) is 6.10 Å². The van der Waals surface area contributed by atoms with Crippen molar-refractivity contribution in [2.24, 2.45) is 5.92 Å². The van der Waals surface area contributed by atoms with Crippen molar-refractivity contribution in [1.82, 2.24) is 4.90 Å². The van der Waals surface area contributed by atoms with Gasteiger partial charge in [-0.3, -0.25) is 4.79 Å². The zero-order chi connectivity index (χ0) is 13.1. The van der Waals surface area contributed by atoms with Crippen LogP contribution in [0, 0.1) is 5.92 Å². The third kappa shape index (κ3) is 6.83. The number of carbonyl (C=O) groups is 1. The van der Waals surface area contributed by atoms with Gasteiger partial charge in [-0.15, -0.1) is 0 Å². The first kappa shape index (κ1) is 17.8. The monoisotopic (exact) mass is 231 g/mol. The van der Waals surface area contributed by atoms with E-state index in [9.17, 15) is 9.90 Å². The lowest BCUT2D eigenvalue weighted by Crippen LogP contribution is -2.41. The van der Waals surface area contributed by atoms with Crippen LogP contribution >= 0.6 is 0 Å². The molecule has 3 nitrogen and oxygen atoms in total. The average molecular weight is 231 g/mol. The van der Waals surface area contributed by atoms with Gasteiger partial charge >= 0.3 is 0 Å². The molecule has 16 heavy (non-hydrogen) atoms. The smallest absolute Gasteiger partial charge is 0.225 e. The van der Waals surface area contributed by atoms with E-state index in [1.807, 2.05) is 46.4 Å². The fraction of sp³-hybridized carbons (Fsp3) is 0.923. The Bertz CT molecular complexity index is 161. The minimum absolute atomic E-state index is 0.0836. The molecular weight excluding hydrogens is 202 g/mol. The van der Waals surface area contributed by atoms with Gasteiger partial charge in [-0.1, -0.05) is 41.5 Å². The topological polar surface area (TPSA) is 40.5 Å². The van der Waals surface area contributed by atoms with E-state index in [1.54, 1.807) is 0 Å². The third-order valence-corrected chi connectivity index (χ3v) is 2.27. The number of nitrogens with zero attached hydrogens (tertiary/aromatic N) is 1. The molecule has 0 aromatic carbocycles. The lowest BCUT2D eigenvalue weighted by Gasteiger charge is -2.30. The van der Waals surface area contributed by atoms with E-state index < -0.39 is 0 Å². The highest BCUT2D eigenvalue weighted by Gasteiger charge is 2.22. The Kier molecular flexibility index (Phi) is 12.2. The maximum Gasteiger partial charge on any atom is 0.225 e. The number of likely N-dealkylation sites (tertiary alicyclic amines) is 1. The summed E-state index contributed by atoms with van der Waals surface area (Å²) >= 11 is 0. The summed E-state index contributed by atoms with van der Waals surface area (Å²) in [4.78, 5) is 13.3. The van der Waals surface area contributed by atoms with Gasteiger partial charge in [-0.2, -0.15) is 0 Å². The third-order valence-electron chi connectivity index (χ3n) is 2.27. The van der Waals surface area contributed by atoms with Crippen LogP contribution in [0.1, 0.15) is 54.4 Å². The van der Waals surface area contributed by atoms with E-state index in [4.69, 9.17) is 0 Å². The molecule has 0 aromatic heterocycles. The molecule has 98 valence electrons. The van der Waals surface area contributed by atoms with Gasteiger partial charge in [0.1, 0.15) is 0 Å². The Balaban J connectivity index is 0. The van der Waals surface area contributed by atoms with Crippen LogP contribution in [-0.4, -0.2) is 35.1 Å². The Hall–Kier alpha value is -0.570. The first-order chi connectivity index (χ1) is 7.61. The molecule has 0 saturated carbocycles. The second-order valence-corrected chi connectivity index (χ2v) is 3.71. The van der Waals surface area contributed by atoms with Crippen molar-refractivity contribution >= 4 is 5.91 Å². The summed E-state index contributed by atoms with van der Waals surface area (Å²) in [6.07, 6.45) is 1.28. The highest BCUT2D eigenvalue weighted by atomic mass is 16.3. The van der Waals surface area contributed by atoms with Gasteiger partial charge in [0.2, 0.25) is 5.91 Å². The minimum Gasteiger partial charge on any atom is -0.393 e.